The Bertz CT molecular complexity index is 1050. The van der Waals surface area contributed by atoms with Crippen LogP contribution in [0.2, 0.25) is 0 Å². The van der Waals surface area contributed by atoms with Gasteiger partial charge >= 0.3 is 0 Å². The van der Waals surface area contributed by atoms with Crippen LogP contribution in [-0.2, 0) is 4.79 Å². The largest absolute Gasteiger partial charge is 0.290 e. The fourth-order valence-electron chi connectivity index (χ4n) is 2.94. The van der Waals surface area contributed by atoms with Gasteiger partial charge in [-0.25, -0.2) is 4.99 Å². The summed E-state index contributed by atoms with van der Waals surface area (Å²) in [6.45, 7) is 2.04. The van der Waals surface area contributed by atoms with Crippen molar-refractivity contribution in [2.75, 3.05) is 7.05 Å². The van der Waals surface area contributed by atoms with Gasteiger partial charge in [0.15, 0.2) is 5.17 Å². The van der Waals surface area contributed by atoms with Crippen LogP contribution < -0.4 is 0 Å². The minimum Gasteiger partial charge on any atom is -0.290 e. The Labute approximate surface area is 169 Å². The van der Waals surface area contributed by atoms with Crippen molar-refractivity contribution < 1.29 is 4.79 Å². The lowest BCUT2D eigenvalue weighted by Gasteiger charge is -2.07. The first-order chi connectivity index (χ1) is 13.6. The smallest absolute Gasteiger partial charge is 0.266 e. The van der Waals surface area contributed by atoms with E-state index in [0.717, 1.165) is 16.8 Å². The number of carbonyl (C=O) groups is 1. The van der Waals surface area contributed by atoms with Crippen molar-refractivity contribution in [3.63, 3.8) is 0 Å². The number of amides is 1. The second-order valence-corrected chi connectivity index (χ2v) is 7.70. The first-order valence-corrected chi connectivity index (χ1v) is 9.90. The highest BCUT2D eigenvalue weighted by Gasteiger charge is 2.30. The molecule has 1 saturated heterocycles. The van der Waals surface area contributed by atoms with Crippen molar-refractivity contribution in [3.8, 4) is 11.1 Å². The lowest BCUT2D eigenvalue weighted by molar-refractivity contribution is -0.121. The van der Waals surface area contributed by atoms with Gasteiger partial charge in [0.05, 0.1) is 10.6 Å². The third kappa shape index (κ3) is 3.92. The Morgan fingerprint density at radius 1 is 0.857 bits per heavy atom. The van der Waals surface area contributed by atoms with E-state index in [1.807, 2.05) is 67.6 Å². The summed E-state index contributed by atoms with van der Waals surface area (Å²) in [5.41, 5.74) is 5.38. The number of nitrogens with zero attached hydrogens (tertiary/aromatic N) is 2. The van der Waals surface area contributed by atoms with Gasteiger partial charge in [0.25, 0.3) is 5.91 Å². The summed E-state index contributed by atoms with van der Waals surface area (Å²) in [6.07, 6.45) is 1.93. The molecule has 0 saturated carbocycles. The number of carbonyl (C=O) groups excluding carboxylic acids is 1. The molecule has 3 aromatic carbocycles. The molecular weight excluding hydrogens is 364 g/mol. The number of amidine groups is 1. The zero-order valence-electron chi connectivity index (χ0n) is 15.8. The molecule has 0 atom stereocenters. The molecule has 1 aliphatic rings. The molecule has 4 rings (SSSR count). The Morgan fingerprint density at radius 3 is 2.18 bits per heavy atom. The second kappa shape index (κ2) is 7.87. The van der Waals surface area contributed by atoms with E-state index in [0.29, 0.717) is 10.1 Å². The van der Waals surface area contributed by atoms with Crippen LogP contribution in [0.25, 0.3) is 17.2 Å². The van der Waals surface area contributed by atoms with Crippen LogP contribution in [0.5, 0.6) is 0 Å². The van der Waals surface area contributed by atoms with Crippen LogP contribution in [-0.4, -0.2) is 23.0 Å². The van der Waals surface area contributed by atoms with Crippen LogP contribution in [0.4, 0.5) is 5.69 Å². The number of thioether (sulfide) groups is 1. The van der Waals surface area contributed by atoms with Crippen molar-refractivity contribution in [1.82, 2.24) is 4.90 Å². The molecule has 1 aliphatic heterocycles. The van der Waals surface area contributed by atoms with E-state index >= 15 is 0 Å². The Morgan fingerprint density at radius 2 is 1.50 bits per heavy atom. The van der Waals surface area contributed by atoms with Crippen LogP contribution in [0.3, 0.4) is 0 Å². The predicted molar refractivity (Wildman–Crippen MR) is 118 cm³/mol. The first-order valence-electron chi connectivity index (χ1n) is 9.08. The number of hydrogen-bond donors (Lipinski definition) is 0. The van der Waals surface area contributed by atoms with Gasteiger partial charge in [-0.2, -0.15) is 0 Å². The van der Waals surface area contributed by atoms with Gasteiger partial charge in [0.2, 0.25) is 0 Å². The molecule has 1 heterocycles. The number of hydrogen-bond acceptors (Lipinski definition) is 3. The van der Waals surface area contributed by atoms with Crippen LogP contribution in [0.15, 0.2) is 88.8 Å². The van der Waals surface area contributed by atoms with E-state index in [4.69, 9.17) is 0 Å². The summed E-state index contributed by atoms with van der Waals surface area (Å²) in [7, 11) is 1.77. The van der Waals surface area contributed by atoms with Gasteiger partial charge in [-0.3, -0.25) is 9.69 Å². The molecule has 0 radical (unpaired) electrons. The molecule has 0 bridgehead atoms. The summed E-state index contributed by atoms with van der Waals surface area (Å²) in [6, 6.07) is 26.5. The monoisotopic (exact) mass is 384 g/mol. The third-order valence-corrected chi connectivity index (χ3v) is 5.64. The molecule has 138 valence electrons. The average Bonchev–Trinajstić information content (AvgIpc) is 2.99. The van der Waals surface area contributed by atoms with Crippen molar-refractivity contribution in [1.29, 1.82) is 0 Å². The quantitative estimate of drug-likeness (QED) is 0.527. The Hall–Kier alpha value is -3.11. The number of rotatable bonds is 3. The zero-order valence-corrected chi connectivity index (χ0v) is 16.6. The maximum Gasteiger partial charge on any atom is 0.266 e. The molecule has 3 aromatic rings. The molecule has 0 N–H and O–H groups in total. The molecule has 1 fully saturated rings. The standard InChI is InChI=1S/C24H20N2OS/c1-17-8-14-21(15-9-17)25-24-26(2)23(27)22(28-24)16-18-10-12-20(13-11-18)19-6-4-3-5-7-19/h3-16H,1-2H3/b22-16-,25-24+. The van der Waals surface area contributed by atoms with Crippen molar-refractivity contribution in [2.45, 2.75) is 6.92 Å². The van der Waals surface area contributed by atoms with Gasteiger partial charge in [-0.1, -0.05) is 72.3 Å². The lowest BCUT2D eigenvalue weighted by Crippen LogP contribution is -2.23. The first kappa shape index (κ1) is 18.3. The third-order valence-electron chi connectivity index (χ3n) is 4.58. The van der Waals surface area contributed by atoms with E-state index in [9.17, 15) is 4.79 Å². The lowest BCUT2D eigenvalue weighted by atomic mass is 10.0. The molecule has 3 nitrogen and oxygen atoms in total. The fourth-order valence-corrected chi connectivity index (χ4v) is 3.92. The van der Waals surface area contributed by atoms with Gasteiger partial charge in [-0.15, -0.1) is 0 Å². The predicted octanol–water partition coefficient (Wildman–Crippen LogP) is 5.90. The molecule has 0 aromatic heterocycles. The minimum atomic E-state index is -0.0250. The van der Waals surface area contributed by atoms with Gasteiger partial charge in [0.1, 0.15) is 0 Å². The number of likely N-dealkylation sites (N-methyl/N-ethyl adjacent to an activating group) is 1. The van der Waals surface area contributed by atoms with Crippen molar-refractivity contribution in [2.24, 2.45) is 4.99 Å². The van der Waals surface area contributed by atoms with Crippen LogP contribution in [0, 0.1) is 6.92 Å². The Balaban J connectivity index is 1.56. The molecule has 28 heavy (non-hydrogen) atoms. The van der Waals surface area contributed by atoms with Gasteiger partial charge in [-0.05, 0) is 53.6 Å². The van der Waals surface area contributed by atoms with E-state index in [1.54, 1.807) is 11.9 Å². The number of aliphatic imine (C=N–C) groups is 1. The number of benzene rings is 3. The normalized spacial score (nSPS) is 16.9. The maximum atomic E-state index is 12.6. The van der Waals surface area contributed by atoms with Crippen LogP contribution in [0.1, 0.15) is 11.1 Å². The average molecular weight is 385 g/mol. The summed E-state index contributed by atoms with van der Waals surface area (Å²) in [4.78, 5) is 19.5. The van der Waals surface area contributed by atoms with Crippen molar-refractivity contribution in [3.05, 3.63) is 94.9 Å². The summed E-state index contributed by atoms with van der Waals surface area (Å²) < 4.78 is 0. The Kier molecular flexibility index (Phi) is 5.13. The molecule has 0 unspecified atom stereocenters. The van der Waals surface area contributed by atoms with Crippen LogP contribution >= 0.6 is 11.8 Å². The van der Waals surface area contributed by atoms with E-state index < -0.39 is 0 Å². The SMILES string of the molecule is Cc1ccc(/N=C2/S/C(=C\c3ccc(-c4ccccc4)cc3)C(=O)N2C)cc1. The maximum absolute atomic E-state index is 12.6. The number of aryl methyl sites for hydroxylation is 1. The summed E-state index contributed by atoms with van der Waals surface area (Å²) in [5.74, 6) is -0.0250. The fraction of sp³-hybridized carbons (Fsp3) is 0.0833. The molecule has 4 heteroatoms. The molecule has 0 aliphatic carbocycles. The van der Waals surface area contributed by atoms with E-state index in [2.05, 4.69) is 29.3 Å². The van der Waals surface area contributed by atoms with E-state index in [-0.39, 0.29) is 5.91 Å². The summed E-state index contributed by atoms with van der Waals surface area (Å²) in [5, 5.41) is 0.695. The van der Waals surface area contributed by atoms with Gasteiger partial charge < -0.3 is 0 Å². The van der Waals surface area contributed by atoms with Crippen molar-refractivity contribution >= 4 is 34.6 Å². The molecular formula is C24H20N2OS. The highest BCUT2D eigenvalue weighted by atomic mass is 32.2. The topological polar surface area (TPSA) is 32.7 Å². The zero-order chi connectivity index (χ0) is 19.5. The van der Waals surface area contributed by atoms with Gasteiger partial charge in [0, 0.05) is 7.05 Å². The minimum absolute atomic E-state index is 0.0250. The summed E-state index contributed by atoms with van der Waals surface area (Å²) >= 11 is 1.41. The highest BCUT2D eigenvalue weighted by Crippen LogP contribution is 2.33. The molecule has 1 amide bonds. The van der Waals surface area contributed by atoms with E-state index in [1.165, 1.54) is 22.9 Å². The second-order valence-electron chi connectivity index (χ2n) is 6.69. The highest BCUT2D eigenvalue weighted by molar-refractivity contribution is 8.18. The molecule has 0 spiro atoms.